The van der Waals surface area contributed by atoms with Crippen molar-refractivity contribution in [2.45, 2.75) is 20.8 Å². The molecular weight excluding hydrogens is 112 g/mol. The fraction of sp³-hybridized carbons (Fsp3) is 0.500. The van der Waals surface area contributed by atoms with Gasteiger partial charge in [0.05, 0.1) is 0 Å². The maximum atomic E-state index is 8.88. The molecule has 52 valence electrons. The highest BCUT2D eigenvalue weighted by atomic mass is 16.3. The molecule has 0 aliphatic carbocycles. The molecule has 0 aromatic rings. The molecule has 0 aliphatic heterocycles. The molecule has 1 heteroatoms. The van der Waals surface area contributed by atoms with Gasteiger partial charge in [-0.2, -0.15) is 0 Å². The molecule has 0 rings (SSSR count). The van der Waals surface area contributed by atoms with Crippen molar-refractivity contribution in [3.63, 3.8) is 0 Å². The first-order valence-corrected chi connectivity index (χ1v) is 3.20. The van der Waals surface area contributed by atoms with Gasteiger partial charge < -0.3 is 5.11 Å². The summed E-state index contributed by atoms with van der Waals surface area (Å²) in [6.07, 6.45) is 5.33. The fourth-order valence-corrected chi connectivity index (χ4v) is 0.387. The van der Waals surface area contributed by atoms with Crippen molar-refractivity contribution >= 4 is 0 Å². The third-order valence-corrected chi connectivity index (χ3v) is 0.948. The Morgan fingerprint density at radius 1 is 1.44 bits per heavy atom. The Hall–Kier alpha value is -0.720. The highest BCUT2D eigenvalue weighted by molar-refractivity contribution is 5.09. The summed E-state index contributed by atoms with van der Waals surface area (Å²) in [6, 6.07) is 0. The number of hydrogen-bond acceptors (Lipinski definition) is 1. The van der Waals surface area contributed by atoms with E-state index in [0.29, 0.717) is 11.7 Å². The molecule has 1 nitrogen and oxygen atoms in total. The Balaban J connectivity index is 3.71. The van der Waals surface area contributed by atoms with E-state index < -0.39 is 0 Å². The summed E-state index contributed by atoms with van der Waals surface area (Å²) in [4.78, 5) is 0. The lowest BCUT2D eigenvalue weighted by molar-refractivity contribution is 0.430. The van der Waals surface area contributed by atoms with Gasteiger partial charge >= 0.3 is 0 Å². The van der Waals surface area contributed by atoms with Crippen LogP contribution in [-0.2, 0) is 0 Å². The van der Waals surface area contributed by atoms with E-state index in [1.165, 1.54) is 0 Å². The van der Waals surface area contributed by atoms with Crippen molar-refractivity contribution in [3.8, 4) is 0 Å². The van der Waals surface area contributed by atoms with Crippen LogP contribution in [-0.4, -0.2) is 5.11 Å². The molecule has 1 N–H and O–H groups in total. The van der Waals surface area contributed by atoms with Crippen molar-refractivity contribution in [3.05, 3.63) is 24.0 Å². The minimum Gasteiger partial charge on any atom is -0.508 e. The monoisotopic (exact) mass is 126 g/mol. The predicted octanol–water partition coefficient (Wildman–Crippen LogP) is 2.66. The van der Waals surface area contributed by atoms with Crippen LogP contribution in [0.1, 0.15) is 20.8 Å². The first-order chi connectivity index (χ1) is 4.16. The largest absolute Gasteiger partial charge is 0.508 e. The van der Waals surface area contributed by atoms with Gasteiger partial charge in [-0.25, -0.2) is 0 Å². The van der Waals surface area contributed by atoms with Crippen LogP contribution >= 0.6 is 0 Å². The molecule has 0 aromatic heterocycles. The summed E-state index contributed by atoms with van der Waals surface area (Å²) in [7, 11) is 0. The SMILES string of the molecule is C/C=C(O)\C=C/C(C)C. The van der Waals surface area contributed by atoms with E-state index in [1.807, 2.05) is 6.08 Å². The minimum absolute atomic E-state index is 0.337. The summed E-state index contributed by atoms with van der Waals surface area (Å²) in [5.41, 5.74) is 0. The number of allylic oxidation sites excluding steroid dienone is 3. The van der Waals surface area contributed by atoms with Gasteiger partial charge in [-0.1, -0.05) is 19.9 Å². The molecule has 0 atom stereocenters. The van der Waals surface area contributed by atoms with E-state index in [2.05, 4.69) is 13.8 Å². The number of aliphatic hydroxyl groups is 1. The topological polar surface area (TPSA) is 20.2 Å². The summed E-state index contributed by atoms with van der Waals surface area (Å²) >= 11 is 0. The van der Waals surface area contributed by atoms with Crippen LogP contribution in [0.2, 0.25) is 0 Å². The lowest BCUT2D eigenvalue weighted by atomic mass is 10.2. The van der Waals surface area contributed by atoms with Crippen LogP contribution in [0.15, 0.2) is 24.0 Å². The van der Waals surface area contributed by atoms with Crippen LogP contribution in [0, 0.1) is 5.92 Å². The molecule has 0 amide bonds. The lowest BCUT2D eigenvalue weighted by Gasteiger charge is -1.91. The van der Waals surface area contributed by atoms with Crippen LogP contribution in [0.3, 0.4) is 0 Å². The zero-order chi connectivity index (χ0) is 7.28. The molecule has 0 bridgehead atoms. The molecule has 0 saturated heterocycles. The second-order valence-electron chi connectivity index (χ2n) is 2.32. The molecular formula is C8H14O. The molecule has 0 radical (unpaired) electrons. The number of hydrogen-bond donors (Lipinski definition) is 1. The normalized spacial score (nSPS) is 13.6. The van der Waals surface area contributed by atoms with Crippen LogP contribution < -0.4 is 0 Å². The van der Waals surface area contributed by atoms with E-state index in [0.717, 1.165) is 0 Å². The Bertz CT molecular complexity index is 121. The van der Waals surface area contributed by atoms with Crippen molar-refractivity contribution in [2.24, 2.45) is 5.92 Å². The van der Waals surface area contributed by atoms with Gasteiger partial charge in [-0.05, 0) is 25.0 Å². The van der Waals surface area contributed by atoms with Gasteiger partial charge in [0.1, 0.15) is 5.76 Å². The molecule has 0 spiro atoms. The van der Waals surface area contributed by atoms with E-state index in [-0.39, 0.29) is 0 Å². The molecule has 0 aliphatic rings. The zero-order valence-electron chi connectivity index (χ0n) is 6.26. The van der Waals surface area contributed by atoms with Gasteiger partial charge in [0.2, 0.25) is 0 Å². The van der Waals surface area contributed by atoms with E-state index in [4.69, 9.17) is 5.11 Å². The molecule has 0 fully saturated rings. The fourth-order valence-electron chi connectivity index (χ4n) is 0.387. The predicted molar refractivity (Wildman–Crippen MR) is 40.4 cm³/mol. The third-order valence-electron chi connectivity index (χ3n) is 0.948. The Labute approximate surface area is 56.7 Å². The maximum Gasteiger partial charge on any atom is 0.111 e. The smallest absolute Gasteiger partial charge is 0.111 e. The third kappa shape index (κ3) is 5.15. The number of aliphatic hydroxyl groups excluding tert-OH is 1. The van der Waals surface area contributed by atoms with Crippen LogP contribution in [0.5, 0.6) is 0 Å². The Morgan fingerprint density at radius 2 is 2.00 bits per heavy atom. The first-order valence-electron chi connectivity index (χ1n) is 3.20. The first kappa shape index (κ1) is 8.28. The average molecular weight is 126 g/mol. The molecule has 0 heterocycles. The van der Waals surface area contributed by atoms with E-state index in [1.54, 1.807) is 19.1 Å². The Kier molecular flexibility index (Phi) is 3.85. The summed E-state index contributed by atoms with van der Waals surface area (Å²) < 4.78 is 0. The van der Waals surface area contributed by atoms with Gasteiger partial charge in [-0.3, -0.25) is 0 Å². The van der Waals surface area contributed by atoms with Crippen molar-refractivity contribution in [2.75, 3.05) is 0 Å². The van der Waals surface area contributed by atoms with Crippen molar-refractivity contribution in [1.29, 1.82) is 0 Å². The van der Waals surface area contributed by atoms with Gasteiger partial charge in [0.25, 0.3) is 0 Å². The van der Waals surface area contributed by atoms with Crippen LogP contribution in [0.25, 0.3) is 0 Å². The quantitative estimate of drug-likeness (QED) is 0.445. The summed E-state index contributed by atoms with van der Waals surface area (Å²) in [5, 5.41) is 8.88. The zero-order valence-corrected chi connectivity index (χ0v) is 6.26. The minimum atomic E-state index is 0.337. The van der Waals surface area contributed by atoms with Crippen LogP contribution in [0.4, 0.5) is 0 Å². The molecule has 0 saturated carbocycles. The molecule has 0 aromatic carbocycles. The summed E-state index contributed by atoms with van der Waals surface area (Å²) in [6.45, 7) is 5.94. The standard InChI is InChI=1S/C8H14O/c1-4-8(9)6-5-7(2)3/h4-7,9H,1-3H3/b6-5-,8-4+. The maximum absolute atomic E-state index is 8.88. The van der Waals surface area contributed by atoms with Gasteiger partial charge in [0, 0.05) is 0 Å². The lowest BCUT2D eigenvalue weighted by Crippen LogP contribution is -1.78. The average Bonchev–Trinajstić information content (AvgIpc) is 1.83. The summed E-state index contributed by atoms with van der Waals surface area (Å²) in [5.74, 6) is 0.843. The van der Waals surface area contributed by atoms with Crippen molar-refractivity contribution in [1.82, 2.24) is 0 Å². The second-order valence-corrected chi connectivity index (χ2v) is 2.32. The van der Waals surface area contributed by atoms with E-state index >= 15 is 0 Å². The van der Waals surface area contributed by atoms with Gasteiger partial charge in [-0.15, -0.1) is 0 Å². The second kappa shape index (κ2) is 4.19. The van der Waals surface area contributed by atoms with Gasteiger partial charge in [0.15, 0.2) is 0 Å². The Morgan fingerprint density at radius 3 is 2.33 bits per heavy atom. The molecule has 0 unspecified atom stereocenters. The number of rotatable bonds is 2. The van der Waals surface area contributed by atoms with E-state index in [9.17, 15) is 0 Å². The highest BCUT2D eigenvalue weighted by Gasteiger charge is 1.83. The highest BCUT2D eigenvalue weighted by Crippen LogP contribution is 1.97. The molecule has 9 heavy (non-hydrogen) atoms. The van der Waals surface area contributed by atoms with Crippen molar-refractivity contribution < 1.29 is 5.11 Å².